The van der Waals surface area contributed by atoms with Gasteiger partial charge in [0.05, 0.1) is 6.54 Å². The molecular formula is C19H20Cl2N4O3. The van der Waals surface area contributed by atoms with Gasteiger partial charge in [-0.25, -0.2) is 0 Å². The summed E-state index contributed by atoms with van der Waals surface area (Å²) in [6, 6.07) is 6.76. The Morgan fingerprint density at radius 1 is 1.21 bits per heavy atom. The molecule has 0 unspecified atom stereocenters. The monoisotopic (exact) mass is 422 g/mol. The molecule has 0 radical (unpaired) electrons. The molecule has 7 nitrogen and oxygen atoms in total. The SMILES string of the molecule is Cc1cc(NC(=O)CN2CCN(C(=O)/C=C/c3cc(Cl)ccc3Cl)CC2)no1. The minimum atomic E-state index is -0.163. The fourth-order valence-electron chi connectivity index (χ4n) is 2.85. The molecular weight excluding hydrogens is 403 g/mol. The highest BCUT2D eigenvalue weighted by Crippen LogP contribution is 2.22. The van der Waals surface area contributed by atoms with Crippen molar-refractivity contribution in [1.82, 2.24) is 15.0 Å². The number of hydrogen-bond acceptors (Lipinski definition) is 5. The number of carbonyl (C=O) groups excluding carboxylic acids is 2. The fourth-order valence-corrected chi connectivity index (χ4v) is 3.21. The zero-order chi connectivity index (χ0) is 20.1. The second kappa shape index (κ2) is 9.23. The number of nitrogens with zero attached hydrogens (tertiary/aromatic N) is 3. The smallest absolute Gasteiger partial charge is 0.246 e. The van der Waals surface area contributed by atoms with Gasteiger partial charge in [-0.2, -0.15) is 0 Å². The molecule has 28 heavy (non-hydrogen) atoms. The van der Waals surface area contributed by atoms with Gasteiger partial charge in [0.1, 0.15) is 5.76 Å². The van der Waals surface area contributed by atoms with E-state index in [1.54, 1.807) is 42.2 Å². The van der Waals surface area contributed by atoms with Crippen LogP contribution in [-0.4, -0.2) is 59.5 Å². The van der Waals surface area contributed by atoms with Crippen molar-refractivity contribution in [1.29, 1.82) is 0 Å². The number of rotatable bonds is 5. The third-order valence-electron chi connectivity index (χ3n) is 4.31. The molecule has 1 N–H and O–H groups in total. The molecule has 1 aromatic heterocycles. The standard InChI is InChI=1S/C19H20Cl2N4O3/c1-13-10-17(23-28-13)22-18(26)12-24-6-8-25(9-7-24)19(27)5-2-14-11-15(20)3-4-16(14)21/h2-5,10-11H,6-9,12H2,1H3,(H,22,23,26)/b5-2+. The highest BCUT2D eigenvalue weighted by Gasteiger charge is 2.21. The van der Waals surface area contributed by atoms with Crippen molar-refractivity contribution in [2.24, 2.45) is 0 Å². The number of benzene rings is 1. The van der Waals surface area contributed by atoms with Crippen LogP contribution in [0.5, 0.6) is 0 Å². The number of nitrogens with one attached hydrogen (secondary N) is 1. The van der Waals surface area contributed by atoms with Gasteiger partial charge in [0.25, 0.3) is 0 Å². The van der Waals surface area contributed by atoms with Gasteiger partial charge < -0.3 is 14.7 Å². The fraction of sp³-hybridized carbons (Fsp3) is 0.316. The van der Waals surface area contributed by atoms with Crippen molar-refractivity contribution in [2.45, 2.75) is 6.92 Å². The number of hydrogen-bond donors (Lipinski definition) is 1. The summed E-state index contributed by atoms with van der Waals surface area (Å²) in [6.07, 6.45) is 3.16. The van der Waals surface area contributed by atoms with Gasteiger partial charge in [-0.15, -0.1) is 0 Å². The van der Waals surface area contributed by atoms with Gasteiger partial charge in [0.2, 0.25) is 11.8 Å². The molecule has 148 valence electrons. The number of amides is 2. The van der Waals surface area contributed by atoms with Gasteiger partial charge in [-0.1, -0.05) is 28.4 Å². The first-order chi connectivity index (χ1) is 13.4. The van der Waals surface area contributed by atoms with Crippen molar-refractivity contribution in [3.63, 3.8) is 0 Å². The number of halogens is 2. The second-order valence-corrected chi connectivity index (χ2v) is 7.32. The number of piperazine rings is 1. The maximum Gasteiger partial charge on any atom is 0.246 e. The van der Waals surface area contributed by atoms with Gasteiger partial charge in [0, 0.05) is 48.4 Å². The number of aromatic nitrogens is 1. The van der Waals surface area contributed by atoms with E-state index in [2.05, 4.69) is 10.5 Å². The summed E-state index contributed by atoms with van der Waals surface area (Å²) in [5, 5.41) is 7.52. The van der Waals surface area contributed by atoms with E-state index >= 15 is 0 Å². The van der Waals surface area contributed by atoms with Crippen molar-refractivity contribution in [3.05, 3.63) is 51.7 Å². The number of carbonyl (C=O) groups is 2. The van der Waals surface area contributed by atoms with Crippen LogP contribution >= 0.6 is 23.2 Å². The Kier molecular flexibility index (Phi) is 6.72. The van der Waals surface area contributed by atoms with Gasteiger partial charge in [-0.05, 0) is 36.8 Å². The maximum absolute atomic E-state index is 12.4. The van der Waals surface area contributed by atoms with E-state index in [1.165, 1.54) is 6.08 Å². The van der Waals surface area contributed by atoms with Crippen LogP contribution in [0.25, 0.3) is 6.08 Å². The minimum absolute atomic E-state index is 0.0989. The number of aryl methyl sites for hydroxylation is 1. The van der Waals surface area contributed by atoms with E-state index in [9.17, 15) is 9.59 Å². The predicted octanol–water partition coefficient (Wildman–Crippen LogP) is 3.09. The highest BCUT2D eigenvalue weighted by atomic mass is 35.5. The maximum atomic E-state index is 12.4. The molecule has 2 aromatic rings. The Hall–Kier alpha value is -2.35. The lowest BCUT2D eigenvalue weighted by Crippen LogP contribution is -2.50. The van der Waals surface area contributed by atoms with Crippen LogP contribution in [0.15, 0.2) is 34.9 Å². The number of anilines is 1. The summed E-state index contributed by atoms with van der Waals surface area (Å²) < 4.78 is 4.92. The van der Waals surface area contributed by atoms with Crippen molar-refractivity contribution >= 4 is 46.9 Å². The second-order valence-electron chi connectivity index (χ2n) is 6.47. The third-order valence-corrected chi connectivity index (χ3v) is 4.89. The molecule has 0 spiro atoms. The van der Waals surface area contributed by atoms with Crippen LogP contribution in [0.4, 0.5) is 5.82 Å². The Bertz CT molecular complexity index is 889. The average Bonchev–Trinajstić information content (AvgIpc) is 3.07. The van der Waals surface area contributed by atoms with Crippen LogP contribution < -0.4 is 5.32 Å². The molecule has 1 saturated heterocycles. The molecule has 2 amide bonds. The lowest BCUT2D eigenvalue weighted by atomic mass is 10.2. The molecule has 3 rings (SSSR count). The summed E-state index contributed by atoms with van der Waals surface area (Å²) in [4.78, 5) is 28.2. The van der Waals surface area contributed by atoms with Crippen LogP contribution in [-0.2, 0) is 9.59 Å². The van der Waals surface area contributed by atoms with Crippen LogP contribution in [0.2, 0.25) is 10.0 Å². The predicted molar refractivity (Wildman–Crippen MR) is 108 cm³/mol. The van der Waals surface area contributed by atoms with E-state index < -0.39 is 0 Å². The van der Waals surface area contributed by atoms with E-state index in [-0.39, 0.29) is 18.4 Å². The van der Waals surface area contributed by atoms with E-state index in [0.29, 0.717) is 53.4 Å². The topological polar surface area (TPSA) is 78.7 Å². The normalized spacial score (nSPS) is 15.2. The minimum Gasteiger partial charge on any atom is -0.360 e. The Labute approximate surface area is 172 Å². The van der Waals surface area contributed by atoms with Crippen LogP contribution in [0, 0.1) is 6.92 Å². The molecule has 9 heteroatoms. The highest BCUT2D eigenvalue weighted by molar-refractivity contribution is 6.34. The molecule has 1 aromatic carbocycles. The summed E-state index contributed by atoms with van der Waals surface area (Å²) in [7, 11) is 0. The summed E-state index contributed by atoms with van der Waals surface area (Å²) in [5.41, 5.74) is 0.695. The molecule has 0 aliphatic carbocycles. The zero-order valence-corrected chi connectivity index (χ0v) is 16.8. The first kappa shape index (κ1) is 20.4. The Morgan fingerprint density at radius 2 is 1.96 bits per heavy atom. The summed E-state index contributed by atoms with van der Waals surface area (Å²) in [5.74, 6) is 0.775. The molecule has 2 heterocycles. The molecule has 1 aliphatic heterocycles. The van der Waals surface area contributed by atoms with Crippen molar-refractivity contribution in [2.75, 3.05) is 38.0 Å². The lowest BCUT2D eigenvalue weighted by Gasteiger charge is -2.33. The lowest BCUT2D eigenvalue weighted by molar-refractivity contribution is -0.127. The third kappa shape index (κ3) is 5.58. The van der Waals surface area contributed by atoms with Gasteiger partial charge >= 0.3 is 0 Å². The Balaban J connectivity index is 1.46. The Morgan fingerprint density at radius 3 is 2.64 bits per heavy atom. The quantitative estimate of drug-likeness (QED) is 0.748. The van der Waals surface area contributed by atoms with Crippen molar-refractivity contribution in [3.8, 4) is 0 Å². The van der Waals surface area contributed by atoms with Gasteiger partial charge in [-0.3, -0.25) is 14.5 Å². The first-order valence-electron chi connectivity index (χ1n) is 8.78. The van der Waals surface area contributed by atoms with E-state index in [1.807, 2.05) is 4.90 Å². The molecule has 0 bridgehead atoms. The first-order valence-corrected chi connectivity index (χ1v) is 9.54. The molecule has 0 saturated carbocycles. The molecule has 1 fully saturated rings. The molecule has 1 aliphatic rings. The summed E-state index contributed by atoms with van der Waals surface area (Å²) >= 11 is 12.1. The van der Waals surface area contributed by atoms with Gasteiger partial charge in [0.15, 0.2) is 5.82 Å². The van der Waals surface area contributed by atoms with E-state index in [4.69, 9.17) is 27.7 Å². The molecule has 0 atom stereocenters. The van der Waals surface area contributed by atoms with Crippen LogP contribution in [0.3, 0.4) is 0 Å². The zero-order valence-electron chi connectivity index (χ0n) is 15.3. The van der Waals surface area contributed by atoms with E-state index in [0.717, 1.165) is 0 Å². The summed E-state index contributed by atoms with van der Waals surface area (Å²) in [6.45, 7) is 4.31. The van der Waals surface area contributed by atoms with Crippen molar-refractivity contribution < 1.29 is 14.1 Å². The average molecular weight is 423 g/mol. The largest absolute Gasteiger partial charge is 0.360 e. The van der Waals surface area contributed by atoms with Crippen LogP contribution in [0.1, 0.15) is 11.3 Å².